The first-order valence-electron chi connectivity index (χ1n) is 9.30. The molecular formula is C22H25NO2. The Morgan fingerprint density at radius 3 is 2.32 bits per heavy atom. The zero-order chi connectivity index (χ0) is 17.1. The van der Waals surface area contributed by atoms with Gasteiger partial charge in [-0.1, -0.05) is 36.8 Å². The van der Waals surface area contributed by atoms with Crippen LogP contribution in [0.3, 0.4) is 0 Å². The van der Waals surface area contributed by atoms with E-state index in [9.17, 15) is 4.79 Å². The smallest absolute Gasteiger partial charge is 0.176 e. The van der Waals surface area contributed by atoms with Gasteiger partial charge in [0, 0.05) is 18.7 Å². The number of likely N-dealkylation sites (tertiary alicyclic amines) is 1. The maximum absolute atomic E-state index is 12.5. The van der Waals surface area contributed by atoms with Crippen LogP contribution in [0.15, 0.2) is 54.6 Å². The number of hydrogen-bond donors (Lipinski definition) is 0. The number of Topliss-reactive ketones (excluding diaryl/α,β-unsaturated/α-hetero) is 1. The minimum absolute atomic E-state index is 0.217. The van der Waals surface area contributed by atoms with Gasteiger partial charge in [-0.05, 0) is 54.5 Å². The third-order valence-corrected chi connectivity index (χ3v) is 5.59. The van der Waals surface area contributed by atoms with Crippen molar-refractivity contribution in [2.45, 2.75) is 25.9 Å². The molecule has 1 saturated carbocycles. The van der Waals surface area contributed by atoms with E-state index >= 15 is 0 Å². The van der Waals surface area contributed by atoms with Crippen molar-refractivity contribution in [1.29, 1.82) is 0 Å². The van der Waals surface area contributed by atoms with Crippen LogP contribution in [0.25, 0.3) is 0 Å². The Morgan fingerprint density at radius 1 is 0.960 bits per heavy atom. The number of nitrogens with zero attached hydrogens (tertiary/aromatic N) is 1. The van der Waals surface area contributed by atoms with Crippen molar-refractivity contribution >= 4 is 5.78 Å². The number of ether oxygens (including phenoxy) is 1. The summed E-state index contributed by atoms with van der Waals surface area (Å²) >= 11 is 0. The van der Waals surface area contributed by atoms with E-state index in [0.717, 1.165) is 41.8 Å². The van der Waals surface area contributed by atoms with Crippen LogP contribution >= 0.6 is 0 Å². The van der Waals surface area contributed by atoms with Crippen LogP contribution < -0.4 is 4.74 Å². The molecule has 0 N–H and O–H groups in total. The molecule has 1 aliphatic heterocycles. The van der Waals surface area contributed by atoms with Gasteiger partial charge in [0.25, 0.3) is 0 Å². The third kappa shape index (κ3) is 3.93. The number of rotatable bonds is 6. The summed E-state index contributed by atoms with van der Waals surface area (Å²) in [7, 11) is 0. The number of benzene rings is 2. The maximum Gasteiger partial charge on any atom is 0.176 e. The Morgan fingerprint density at radius 2 is 1.64 bits per heavy atom. The van der Waals surface area contributed by atoms with E-state index in [-0.39, 0.29) is 5.78 Å². The summed E-state index contributed by atoms with van der Waals surface area (Å²) in [4.78, 5) is 14.9. The van der Waals surface area contributed by atoms with Gasteiger partial charge in [-0.25, -0.2) is 0 Å². The molecule has 1 heterocycles. The van der Waals surface area contributed by atoms with Gasteiger partial charge in [0.05, 0.1) is 6.54 Å². The lowest BCUT2D eigenvalue weighted by molar-refractivity contribution is 0.0941. The summed E-state index contributed by atoms with van der Waals surface area (Å²) in [6.45, 7) is 3.31. The highest BCUT2D eigenvalue weighted by Crippen LogP contribution is 2.37. The Bertz CT molecular complexity index is 699. The SMILES string of the molecule is O=C(CN1C[C@H]2CCC[C@H]2C1)c1ccc(OCc2ccccc2)cc1. The van der Waals surface area contributed by atoms with Crippen molar-refractivity contribution in [3.63, 3.8) is 0 Å². The average molecular weight is 335 g/mol. The Labute approximate surface area is 149 Å². The van der Waals surface area contributed by atoms with Crippen molar-refractivity contribution in [3.05, 3.63) is 65.7 Å². The van der Waals surface area contributed by atoms with Gasteiger partial charge in [0.1, 0.15) is 12.4 Å². The number of ketones is 1. The number of carbonyl (C=O) groups is 1. The van der Waals surface area contributed by atoms with Crippen LogP contribution in [0.2, 0.25) is 0 Å². The lowest BCUT2D eigenvalue weighted by Gasteiger charge is -2.15. The fourth-order valence-electron chi connectivity index (χ4n) is 4.23. The van der Waals surface area contributed by atoms with E-state index in [2.05, 4.69) is 4.90 Å². The van der Waals surface area contributed by atoms with Gasteiger partial charge in [0.15, 0.2) is 5.78 Å². The summed E-state index contributed by atoms with van der Waals surface area (Å²) in [5.41, 5.74) is 1.92. The first kappa shape index (κ1) is 16.3. The molecule has 0 radical (unpaired) electrons. The first-order chi connectivity index (χ1) is 12.3. The topological polar surface area (TPSA) is 29.5 Å². The minimum atomic E-state index is 0.217. The van der Waals surface area contributed by atoms with Crippen LogP contribution in [0.4, 0.5) is 0 Å². The molecule has 25 heavy (non-hydrogen) atoms. The van der Waals surface area contributed by atoms with E-state index in [1.165, 1.54) is 19.3 Å². The number of fused-ring (bicyclic) bond motifs is 1. The molecule has 2 aromatic carbocycles. The van der Waals surface area contributed by atoms with Gasteiger partial charge in [-0.3, -0.25) is 9.69 Å². The van der Waals surface area contributed by atoms with Crippen molar-refractivity contribution in [2.75, 3.05) is 19.6 Å². The fraction of sp³-hybridized carbons (Fsp3) is 0.409. The van der Waals surface area contributed by atoms with Crippen LogP contribution in [0.5, 0.6) is 5.75 Å². The van der Waals surface area contributed by atoms with Crippen molar-refractivity contribution < 1.29 is 9.53 Å². The molecule has 0 amide bonds. The highest BCUT2D eigenvalue weighted by atomic mass is 16.5. The Balaban J connectivity index is 1.30. The highest BCUT2D eigenvalue weighted by Gasteiger charge is 2.36. The molecule has 0 spiro atoms. The molecule has 130 valence electrons. The lowest BCUT2D eigenvalue weighted by atomic mass is 10.0. The molecule has 1 aliphatic carbocycles. The van der Waals surface area contributed by atoms with E-state index < -0.39 is 0 Å². The third-order valence-electron chi connectivity index (χ3n) is 5.59. The maximum atomic E-state index is 12.5. The van der Waals surface area contributed by atoms with Crippen molar-refractivity contribution in [3.8, 4) is 5.75 Å². The molecule has 4 rings (SSSR count). The summed E-state index contributed by atoms with van der Waals surface area (Å²) in [6, 6.07) is 17.7. The van der Waals surface area contributed by atoms with E-state index in [1.54, 1.807) is 0 Å². The Kier molecular flexibility index (Phi) is 4.84. The molecule has 2 aliphatic rings. The summed E-state index contributed by atoms with van der Waals surface area (Å²) in [5.74, 6) is 2.69. The standard InChI is InChI=1S/C22H25NO2/c24-22(15-23-13-19-7-4-8-20(19)14-23)18-9-11-21(12-10-18)25-16-17-5-2-1-3-6-17/h1-3,5-6,9-12,19-20H,4,7-8,13-16H2/t19-,20+. The molecule has 0 bridgehead atoms. The molecular weight excluding hydrogens is 310 g/mol. The molecule has 1 saturated heterocycles. The number of carbonyl (C=O) groups excluding carboxylic acids is 1. The highest BCUT2D eigenvalue weighted by molar-refractivity contribution is 5.97. The molecule has 3 nitrogen and oxygen atoms in total. The van der Waals surface area contributed by atoms with Crippen LogP contribution in [0.1, 0.15) is 35.2 Å². The van der Waals surface area contributed by atoms with Crippen LogP contribution in [0, 0.1) is 11.8 Å². The molecule has 0 aromatic heterocycles. The quantitative estimate of drug-likeness (QED) is 0.742. The zero-order valence-electron chi connectivity index (χ0n) is 14.6. The first-order valence-corrected chi connectivity index (χ1v) is 9.30. The summed E-state index contributed by atoms with van der Waals surface area (Å²) in [6.07, 6.45) is 4.08. The molecule has 2 fully saturated rings. The monoisotopic (exact) mass is 335 g/mol. The summed E-state index contributed by atoms with van der Waals surface area (Å²) < 4.78 is 5.79. The van der Waals surface area contributed by atoms with Crippen LogP contribution in [-0.4, -0.2) is 30.3 Å². The lowest BCUT2D eigenvalue weighted by Crippen LogP contribution is -2.28. The van der Waals surface area contributed by atoms with E-state index in [0.29, 0.717) is 13.2 Å². The number of hydrogen-bond acceptors (Lipinski definition) is 3. The largest absolute Gasteiger partial charge is 0.489 e. The average Bonchev–Trinajstić information content (AvgIpc) is 3.23. The minimum Gasteiger partial charge on any atom is -0.489 e. The molecule has 3 heteroatoms. The Hall–Kier alpha value is -2.13. The molecule has 2 atom stereocenters. The normalized spacial score (nSPS) is 22.7. The van der Waals surface area contributed by atoms with Crippen molar-refractivity contribution in [2.24, 2.45) is 11.8 Å². The second-order valence-electron chi connectivity index (χ2n) is 7.37. The van der Waals surface area contributed by atoms with Gasteiger partial charge >= 0.3 is 0 Å². The van der Waals surface area contributed by atoms with E-state index in [1.807, 2.05) is 54.6 Å². The van der Waals surface area contributed by atoms with Crippen molar-refractivity contribution in [1.82, 2.24) is 4.90 Å². The van der Waals surface area contributed by atoms with Gasteiger partial charge < -0.3 is 4.74 Å². The second-order valence-corrected chi connectivity index (χ2v) is 7.37. The fourth-order valence-corrected chi connectivity index (χ4v) is 4.23. The van der Waals surface area contributed by atoms with Gasteiger partial charge in [-0.2, -0.15) is 0 Å². The van der Waals surface area contributed by atoms with Crippen LogP contribution in [-0.2, 0) is 6.61 Å². The second kappa shape index (κ2) is 7.40. The van der Waals surface area contributed by atoms with E-state index in [4.69, 9.17) is 4.74 Å². The molecule has 2 aromatic rings. The molecule has 0 unspecified atom stereocenters. The zero-order valence-corrected chi connectivity index (χ0v) is 14.6. The predicted octanol–water partition coefficient (Wildman–Crippen LogP) is 4.18. The summed E-state index contributed by atoms with van der Waals surface area (Å²) in [5, 5.41) is 0. The van der Waals surface area contributed by atoms with Gasteiger partial charge in [-0.15, -0.1) is 0 Å². The van der Waals surface area contributed by atoms with Gasteiger partial charge in [0.2, 0.25) is 0 Å². The predicted molar refractivity (Wildman–Crippen MR) is 98.8 cm³/mol.